The number of benzene rings is 2. The van der Waals surface area contributed by atoms with Crippen LogP contribution in [0.3, 0.4) is 0 Å². The smallest absolute Gasteiger partial charge is 0.317 e. The van der Waals surface area contributed by atoms with E-state index >= 15 is 0 Å². The lowest BCUT2D eigenvalue weighted by molar-refractivity contribution is -0.139. The minimum absolute atomic E-state index is 0.0217. The minimum atomic E-state index is -1.05. The maximum absolute atomic E-state index is 12.5. The van der Waals surface area contributed by atoms with Crippen LogP contribution in [0.4, 0.5) is 0 Å². The number of phenols is 2. The number of carbonyl (C=O) groups is 2. The maximum Gasteiger partial charge on any atom is 0.317 e. The quantitative estimate of drug-likeness (QED) is 0.142. The number of carbonyl (C=O) groups excluding carboxylic acids is 1. The molecule has 3 N–H and O–H groups in total. The summed E-state index contributed by atoms with van der Waals surface area (Å²) in [5, 5.41) is 31.4. The van der Waals surface area contributed by atoms with E-state index in [0.29, 0.717) is 22.5 Å². The van der Waals surface area contributed by atoms with Crippen LogP contribution in [0.25, 0.3) is 0 Å². The zero-order valence-electron chi connectivity index (χ0n) is 21.5. The van der Waals surface area contributed by atoms with Gasteiger partial charge in [-0.2, -0.15) is 0 Å². The molecule has 206 valence electrons. The number of aromatic hydroxyl groups is 2. The van der Waals surface area contributed by atoms with Crippen LogP contribution in [0.2, 0.25) is 0 Å². The van der Waals surface area contributed by atoms with Crippen molar-refractivity contribution >= 4 is 32.4 Å². The highest BCUT2D eigenvalue weighted by molar-refractivity contribution is 14.1. The molecule has 0 saturated carbocycles. The molecular weight excluding hydrogens is 623 g/mol. The Bertz CT molecular complexity index is 1320. The Hall–Kier alpha value is -3.87. The number of pyridine rings is 2. The van der Waals surface area contributed by atoms with E-state index in [1.807, 2.05) is 23.1 Å². The minimum Gasteiger partial charge on any atom is -0.508 e. The molecule has 0 radical (unpaired) electrons. The van der Waals surface area contributed by atoms with E-state index in [9.17, 15) is 24.9 Å². The van der Waals surface area contributed by atoms with Gasteiger partial charge in [-0.3, -0.25) is 29.4 Å². The number of nitrogens with zero attached hydrogens (tertiary/aromatic N) is 4. The molecule has 4 rings (SSSR count). The van der Waals surface area contributed by atoms with E-state index in [1.54, 1.807) is 107 Å². The molecule has 0 amide bonds. The van der Waals surface area contributed by atoms with Crippen LogP contribution in [0.1, 0.15) is 34.6 Å². The number of rotatable bonds is 13. The average molecular weight is 652 g/mol. The second-order valence-corrected chi connectivity index (χ2v) is 10.3. The average Bonchev–Trinajstić information content (AvgIpc) is 2.94. The van der Waals surface area contributed by atoms with Crippen LogP contribution in [-0.2, 0) is 9.59 Å². The zero-order valence-corrected chi connectivity index (χ0v) is 23.7. The first kappa shape index (κ1) is 29.1. The second kappa shape index (κ2) is 14.0. The molecule has 0 saturated heterocycles. The van der Waals surface area contributed by atoms with Crippen LogP contribution in [0.5, 0.6) is 11.5 Å². The molecule has 0 aliphatic heterocycles. The first-order valence-corrected chi connectivity index (χ1v) is 13.7. The van der Waals surface area contributed by atoms with Crippen LogP contribution in [0.15, 0.2) is 97.3 Å². The van der Waals surface area contributed by atoms with Crippen molar-refractivity contribution in [2.45, 2.75) is 12.1 Å². The third kappa shape index (κ3) is 7.40. The Morgan fingerprint density at radius 2 is 1.10 bits per heavy atom. The second-order valence-electron chi connectivity index (χ2n) is 9.12. The van der Waals surface area contributed by atoms with Gasteiger partial charge in [-0.1, -0.05) is 48.5 Å². The van der Waals surface area contributed by atoms with Crippen molar-refractivity contribution in [3.8, 4) is 11.5 Å². The van der Waals surface area contributed by atoms with Gasteiger partial charge in [-0.05, 0) is 36.4 Å². The topological polar surface area (TPSA) is 127 Å². The molecule has 2 aromatic heterocycles. The third-order valence-electron chi connectivity index (χ3n) is 6.47. The Morgan fingerprint density at radius 1 is 0.675 bits per heavy atom. The summed E-state index contributed by atoms with van der Waals surface area (Å²) in [6.45, 7) is 0.131. The first-order chi connectivity index (χ1) is 19.3. The number of para-hydroxylation sites is 2. The zero-order chi connectivity index (χ0) is 28.5. The number of carboxylic acid groups (broad SMARTS) is 1. The van der Waals surface area contributed by atoms with Crippen molar-refractivity contribution in [2.24, 2.45) is 0 Å². The molecule has 2 atom stereocenters. The van der Waals surface area contributed by atoms with E-state index in [0.717, 1.165) is 0 Å². The standard InChI is InChI=1S/C30H29IN4O5/c31-27(38)19-34(29(23-11-5-7-15-32-23)21-9-1-3-13-25(21)36)17-18-35(20-28(39)40)30(24-12-6-8-16-33-24)22-10-2-4-14-26(22)37/h1-16,29-30,36-37H,17-20H2,(H,39,40). The molecule has 10 heteroatoms. The Morgan fingerprint density at radius 3 is 1.48 bits per heavy atom. The summed E-state index contributed by atoms with van der Waals surface area (Å²) in [7, 11) is 0. The molecule has 4 aromatic rings. The lowest BCUT2D eigenvalue weighted by atomic mass is 9.98. The highest BCUT2D eigenvalue weighted by Gasteiger charge is 2.31. The number of carboxylic acids is 1. The number of hydrogen-bond acceptors (Lipinski definition) is 8. The fourth-order valence-corrected chi connectivity index (χ4v) is 5.23. The lowest BCUT2D eigenvalue weighted by Gasteiger charge is -2.35. The summed E-state index contributed by atoms with van der Waals surface area (Å²) in [6, 6.07) is 23.3. The molecule has 0 aliphatic carbocycles. The normalized spacial score (nSPS) is 12.8. The van der Waals surface area contributed by atoms with Crippen LogP contribution >= 0.6 is 22.6 Å². The molecule has 40 heavy (non-hydrogen) atoms. The van der Waals surface area contributed by atoms with Crippen molar-refractivity contribution in [3.63, 3.8) is 0 Å². The molecular formula is C30H29IN4O5. The third-order valence-corrected chi connectivity index (χ3v) is 6.81. The summed E-state index contributed by atoms with van der Waals surface area (Å²) in [5.41, 5.74) is 2.30. The monoisotopic (exact) mass is 652 g/mol. The van der Waals surface area contributed by atoms with Gasteiger partial charge in [0.1, 0.15) is 11.5 Å². The number of halogens is 1. The molecule has 9 nitrogen and oxygen atoms in total. The van der Waals surface area contributed by atoms with Gasteiger partial charge in [0.25, 0.3) is 0 Å². The van der Waals surface area contributed by atoms with Gasteiger partial charge in [0.2, 0.25) is 3.79 Å². The highest BCUT2D eigenvalue weighted by atomic mass is 127. The van der Waals surface area contributed by atoms with Crippen LogP contribution in [-0.4, -0.2) is 71.0 Å². The summed E-state index contributed by atoms with van der Waals surface area (Å²) in [4.78, 5) is 37.1. The highest BCUT2D eigenvalue weighted by Crippen LogP contribution is 2.35. The molecule has 2 aromatic carbocycles. The van der Waals surface area contributed by atoms with Gasteiger partial charge in [-0.25, -0.2) is 0 Å². The van der Waals surface area contributed by atoms with Gasteiger partial charge in [0.05, 0.1) is 36.6 Å². The lowest BCUT2D eigenvalue weighted by Crippen LogP contribution is -2.43. The van der Waals surface area contributed by atoms with Crippen molar-refractivity contribution in [3.05, 3.63) is 120 Å². The van der Waals surface area contributed by atoms with E-state index in [2.05, 4.69) is 9.97 Å². The van der Waals surface area contributed by atoms with E-state index in [1.165, 1.54) is 0 Å². The first-order valence-electron chi connectivity index (χ1n) is 12.6. The van der Waals surface area contributed by atoms with E-state index in [-0.39, 0.29) is 41.5 Å². The van der Waals surface area contributed by atoms with Crippen molar-refractivity contribution in [1.82, 2.24) is 19.8 Å². The van der Waals surface area contributed by atoms with Gasteiger partial charge in [0, 0.05) is 59.2 Å². The molecule has 2 heterocycles. The van der Waals surface area contributed by atoms with Crippen molar-refractivity contribution < 1.29 is 24.9 Å². The molecule has 0 spiro atoms. The predicted octanol–water partition coefficient (Wildman–Crippen LogP) is 4.42. The summed E-state index contributed by atoms with van der Waals surface area (Å²) >= 11 is 1.74. The van der Waals surface area contributed by atoms with Gasteiger partial charge in [-0.15, -0.1) is 0 Å². The van der Waals surface area contributed by atoms with Gasteiger partial charge < -0.3 is 15.3 Å². The van der Waals surface area contributed by atoms with Crippen molar-refractivity contribution in [1.29, 1.82) is 0 Å². The van der Waals surface area contributed by atoms with Crippen LogP contribution < -0.4 is 0 Å². The largest absolute Gasteiger partial charge is 0.508 e. The summed E-state index contributed by atoms with van der Waals surface area (Å²) in [6.07, 6.45) is 3.27. The number of phenolic OH excluding ortho intramolecular Hbond substituents is 2. The van der Waals surface area contributed by atoms with Crippen LogP contribution in [0, 0.1) is 0 Å². The van der Waals surface area contributed by atoms with Gasteiger partial charge in [0.15, 0.2) is 0 Å². The van der Waals surface area contributed by atoms with Gasteiger partial charge >= 0.3 is 5.97 Å². The Labute approximate surface area is 245 Å². The molecule has 2 unspecified atom stereocenters. The van der Waals surface area contributed by atoms with Crippen molar-refractivity contribution in [2.75, 3.05) is 26.2 Å². The fraction of sp³-hybridized carbons (Fsp3) is 0.200. The number of aromatic nitrogens is 2. The maximum atomic E-state index is 12.5. The van der Waals surface area contributed by atoms with E-state index < -0.39 is 18.1 Å². The Balaban J connectivity index is 1.76. The number of hydrogen-bond donors (Lipinski definition) is 3. The van der Waals surface area contributed by atoms with E-state index in [4.69, 9.17) is 0 Å². The SMILES string of the molecule is O=C(O)CN(CCN(CC(=O)I)C(c1ccccn1)c1ccccc1O)C(c1ccccn1)c1ccccc1O. The summed E-state index contributed by atoms with van der Waals surface area (Å²) < 4.78 is -0.124. The predicted molar refractivity (Wildman–Crippen MR) is 158 cm³/mol. The fourth-order valence-electron chi connectivity index (χ4n) is 4.79. The molecule has 0 aliphatic rings. The molecule has 0 bridgehead atoms. The number of aliphatic carboxylic acids is 1. The molecule has 0 fully saturated rings. The Kier molecular flexibility index (Phi) is 10.2. The summed E-state index contributed by atoms with van der Waals surface area (Å²) in [5.74, 6) is -0.963.